The number of nitrogens with zero attached hydrogens (tertiary/aromatic N) is 2. The molecule has 0 aliphatic carbocycles. The van der Waals surface area contributed by atoms with Gasteiger partial charge in [-0.25, -0.2) is 4.98 Å². The Morgan fingerprint density at radius 1 is 1.04 bits per heavy atom. The molecule has 3 rings (SSSR count). The zero-order valence-corrected chi connectivity index (χ0v) is 14.4. The van der Waals surface area contributed by atoms with Gasteiger partial charge >= 0.3 is 0 Å². The highest BCUT2D eigenvalue weighted by molar-refractivity contribution is 6.31. The Labute approximate surface area is 146 Å². The molecule has 0 bridgehead atoms. The number of nitrogens with two attached hydrogens (primary N) is 1. The first-order valence-electron chi connectivity index (χ1n) is 7.74. The third-order valence-corrected chi connectivity index (χ3v) is 4.19. The van der Waals surface area contributed by atoms with Crippen LogP contribution in [0.25, 0.3) is 11.3 Å². The molecule has 2 aromatic carbocycles. The van der Waals surface area contributed by atoms with Crippen molar-refractivity contribution < 1.29 is 0 Å². The Bertz CT molecular complexity index is 846. The summed E-state index contributed by atoms with van der Waals surface area (Å²) in [6.07, 6.45) is 3.35. The minimum Gasteiger partial charge on any atom is -0.399 e. The van der Waals surface area contributed by atoms with E-state index in [-0.39, 0.29) is 6.04 Å². The van der Waals surface area contributed by atoms with Crippen LogP contribution in [-0.4, -0.2) is 9.97 Å². The number of anilines is 2. The van der Waals surface area contributed by atoms with E-state index in [1.165, 1.54) is 0 Å². The second-order valence-corrected chi connectivity index (χ2v) is 6.17. The second-order valence-electron chi connectivity index (χ2n) is 5.77. The predicted octanol–water partition coefficient (Wildman–Crippen LogP) is 4.86. The van der Waals surface area contributed by atoms with Crippen LogP contribution in [0.15, 0.2) is 54.9 Å². The molecule has 0 saturated heterocycles. The number of benzene rings is 2. The molecule has 24 heavy (non-hydrogen) atoms. The van der Waals surface area contributed by atoms with E-state index in [1.54, 1.807) is 12.4 Å². The van der Waals surface area contributed by atoms with Crippen LogP contribution < -0.4 is 11.1 Å². The number of aryl methyl sites for hydroxylation is 1. The van der Waals surface area contributed by atoms with E-state index >= 15 is 0 Å². The lowest BCUT2D eigenvalue weighted by atomic mass is 10.1. The summed E-state index contributed by atoms with van der Waals surface area (Å²) in [7, 11) is 0. The molecule has 0 radical (unpaired) electrons. The van der Waals surface area contributed by atoms with Gasteiger partial charge in [-0.2, -0.15) is 0 Å². The molecule has 1 atom stereocenters. The zero-order valence-electron chi connectivity index (χ0n) is 13.6. The quantitative estimate of drug-likeness (QED) is 0.667. The van der Waals surface area contributed by atoms with Crippen molar-refractivity contribution in [3.8, 4) is 11.3 Å². The maximum Gasteiger partial charge on any atom is 0.153 e. The van der Waals surface area contributed by atoms with E-state index < -0.39 is 0 Å². The number of hydrogen-bond donors (Lipinski definition) is 2. The summed E-state index contributed by atoms with van der Waals surface area (Å²) in [5.74, 6) is 0.714. The summed E-state index contributed by atoms with van der Waals surface area (Å²) in [4.78, 5) is 8.91. The van der Waals surface area contributed by atoms with Gasteiger partial charge in [-0.3, -0.25) is 4.98 Å². The van der Waals surface area contributed by atoms with Crippen molar-refractivity contribution in [2.45, 2.75) is 19.9 Å². The van der Waals surface area contributed by atoms with Gasteiger partial charge in [0.25, 0.3) is 0 Å². The van der Waals surface area contributed by atoms with Gasteiger partial charge in [0.1, 0.15) is 5.69 Å². The Balaban J connectivity index is 1.91. The van der Waals surface area contributed by atoms with Crippen LogP contribution in [0.3, 0.4) is 0 Å². The molecule has 3 N–H and O–H groups in total. The van der Waals surface area contributed by atoms with Crippen molar-refractivity contribution in [1.82, 2.24) is 9.97 Å². The van der Waals surface area contributed by atoms with Crippen LogP contribution >= 0.6 is 11.6 Å². The molecule has 0 fully saturated rings. The number of hydrogen-bond acceptors (Lipinski definition) is 4. The molecule has 3 aromatic rings. The molecule has 0 aliphatic rings. The Hall–Kier alpha value is -2.59. The van der Waals surface area contributed by atoms with Crippen molar-refractivity contribution >= 4 is 23.1 Å². The molecule has 5 heteroatoms. The predicted molar refractivity (Wildman–Crippen MR) is 100 cm³/mol. The summed E-state index contributed by atoms with van der Waals surface area (Å²) in [5.41, 5.74) is 10.4. The van der Waals surface area contributed by atoms with E-state index in [9.17, 15) is 0 Å². The number of aromatic nitrogens is 2. The Morgan fingerprint density at radius 2 is 1.75 bits per heavy atom. The fourth-order valence-corrected chi connectivity index (χ4v) is 2.96. The molecule has 4 nitrogen and oxygen atoms in total. The van der Waals surface area contributed by atoms with Crippen molar-refractivity contribution in [2.24, 2.45) is 0 Å². The van der Waals surface area contributed by atoms with E-state index in [2.05, 4.69) is 28.3 Å². The lowest BCUT2D eigenvalue weighted by molar-refractivity contribution is 0.872. The van der Waals surface area contributed by atoms with Gasteiger partial charge in [0, 0.05) is 28.7 Å². The van der Waals surface area contributed by atoms with Crippen LogP contribution in [0.4, 0.5) is 11.5 Å². The minimum absolute atomic E-state index is 0.00216. The highest BCUT2D eigenvalue weighted by Crippen LogP contribution is 2.30. The van der Waals surface area contributed by atoms with Crippen LogP contribution in [0.5, 0.6) is 0 Å². The third-order valence-electron chi connectivity index (χ3n) is 3.86. The van der Waals surface area contributed by atoms with Gasteiger partial charge in [-0.15, -0.1) is 0 Å². The van der Waals surface area contributed by atoms with Gasteiger partial charge in [-0.05, 0) is 43.2 Å². The topological polar surface area (TPSA) is 63.8 Å². The molecule has 0 saturated carbocycles. The summed E-state index contributed by atoms with van der Waals surface area (Å²) in [6.45, 7) is 4.08. The molecule has 0 aliphatic heterocycles. The van der Waals surface area contributed by atoms with Crippen LogP contribution in [0.2, 0.25) is 5.02 Å². The first-order chi connectivity index (χ1) is 11.5. The number of halogens is 1. The van der Waals surface area contributed by atoms with E-state index in [0.29, 0.717) is 5.82 Å². The fourth-order valence-electron chi connectivity index (χ4n) is 2.56. The van der Waals surface area contributed by atoms with Crippen LogP contribution in [0.1, 0.15) is 24.1 Å². The standard InChI is InChI=1S/C19H19ClN4/c1-12-3-8-16(17(20)11-12)13(2)24-19-18(22-9-10-23-19)14-4-6-15(21)7-5-14/h3-11,13H,21H2,1-2H3,(H,23,24). The second kappa shape index (κ2) is 6.89. The molecule has 0 amide bonds. The first-order valence-corrected chi connectivity index (χ1v) is 8.12. The normalized spacial score (nSPS) is 12.0. The van der Waals surface area contributed by atoms with Gasteiger partial charge in [-0.1, -0.05) is 35.9 Å². The largest absolute Gasteiger partial charge is 0.399 e. The van der Waals surface area contributed by atoms with Gasteiger partial charge in [0.15, 0.2) is 5.82 Å². The lowest BCUT2D eigenvalue weighted by Crippen LogP contribution is -2.10. The zero-order chi connectivity index (χ0) is 17.1. The number of nitrogens with one attached hydrogen (secondary N) is 1. The number of rotatable bonds is 4. The minimum atomic E-state index is 0.00216. The molecule has 1 aromatic heterocycles. The average molecular weight is 339 g/mol. The number of nitrogen functional groups attached to an aromatic ring is 1. The molecular formula is C19H19ClN4. The monoisotopic (exact) mass is 338 g/mol. The first kappa shape index (κ1) is 16.3. The summed E-state index contributed by atoms with van der Waals surface area (Å²) in [5, 5.41) is 4.15. The molecule has 0 spiro atoms. The van der Waals surface area contributed by atoms with Crippen molar-refractivity contribution in [1.29, 1.82) is 0 Å². The van der Waals surface area contributed by atoms with E-state index in [4.69, 9.17) is 17.3 Å². The lowest BCUT2D eigenvalue weighted by Gasteiger charge is -2.18. The molecule has 1 heterocycles. The Kier molecular flexibility index (Phi) is 4.67. The maximum atomic E-state index is 6.37. The third kappa shape index (κ3) is 3.49. The van der Waals surface area contributed by atoms with Gasteiger partial charge in [0.2, 0.25) is 0 Å². The SMILES string of the molecule is Cc1ccc(C(C)Nc2nccnc2-c2ccc(N)cc2)c(Cl)c1. The van der Waals surface area contributed by atoms with E-state index in [1.807, 2.05) is 43.3 Å². The van der Waals surface area contributed by atoms with Crippen molar-refractivity contribution in [3.63, 3.8) is 0 Å². The smallest absolute Gasteiger partial charge is 0.153 e. The average Bonchev–Trinajstić information content (AvgIpc) is 2.56. The molecular weight excluding hydrogens is 320 g/mol. The van der Waals surface area contributed by atoms with Crippen LogP contribution in [0, 0.1) is 6.92 Å². The van der Waals surface area contributed by atoms with Crippen molar-refractivity contribution in [2.75, 3.05) is 11.1 Å². The Morgan fingerprint density at radius 3 is 2.46 bits per heavy atom. The summed E-state index contributed by atoms with van der Waals surface area (Å²) >= 11 is 6.37. The maximum absolute atomic E-state index is 6.37. The van der Waals surface area contributed by atoms with Gasteiger partial charge in [0.05, 0.1) is 6.04 Å². The summed E-state index contributed by atoms with van der Waals surface area (Å²) in [6, 6.07) is 13.6. The van der Waals surface area contributed by atoms with Crippen LogP contribution in [-0.2, 0) is 0 Å². The fraction of sp³-hybridized carbons (Fsp3) is 0.158. The highest BCUT2D eigenvalue weighted by Gasteiger charge is 2.14. The molecule has 122 valence electrons. The molecule has 1 unspecified atom stereocenters. The summed E-state index contributed by atoms with van der Waals surface area (Å²) < 4.78 is 0. The van der Waals surface area contributed by atoms with E-state index in [0.717, 1.165) is 33.1 Å². The van der Waals surface area contributed by atoms with Crippen molar-refractivity contribution in [3.05, 3.63) is 71.0 Å². The highest BCUT2D eigenvalue weighted by atomic mass is 35.5. The van der Waals surface area contributed by atoms with Gasteiger partial charge < -0.3 is 11.1 Å².